The third-order valence-electron chi connectivity index (χ3n) is 3.45. The second-order valence-electron chi connectivity index (χ2n) is 4.97. The van der Waals surface area contributed by atoms with E-state index < -0.39 is 0 Å². The molecule has 2 rings (SSSR count). The van der Waals surface area contributed by atoms with Crippen molar-refractivity contribution in [2.45, 2.75) is 52.7 Å². The molecule has 0 fully saturated rings. The molecule has 0 amide bonds. The SMILES string of the molecule is CCCC1Oc2cc(C)cc(C)c2C1NCC. The fourth-order valence-electron chi connectivity index (χ4n) is 2.82. The van der Waals surface area contributed by atoms with Crippen molar-refractivity contribution in [3.8, 4) is 5.75 Å². The van der Waals surface area contributed by atoms with Gasteiger partial charge in [-0.1, -0.05) is 26.3 Å². The van der Waals surface area contributed by atoms with Crippen LogP contribution in [0.25, 0.3) is 0 Å². The van der Waals surface area contributed by atoms with Gasteiger partial charge in [0.15, 0.2) is 0 Å². The molecule has 1 aliphatic rings. The van der Waals surface area contributed by atoms with E-state index in [1.54, 1.807) is 0 Å². The van der Waals surface area contributed by atoms with E-state index in [2.05, 4.69) is 45.1 Å². The Hall–Kier alpha value is -1.02. The Morgan fingerprint density at radius 2 is 2.00 bits per heavy atom. The van der Waals surface area contributed by atoms with Crippen LogP contribution in [0.2, 0.25) is 0 Å². The maximum Gasteiger partial charge on any atom is 0.125 e. The second-order valence-corrected chi connectivity index (χ2v) is 4.97. The molecule has 94 valence electrons. The average molecular weight is 233 g/mol. The predicted octanol–water partition coefficient (Wildman–Crippen LogP) is 3.52. The molecular formula is C15H23NO. The Kier molecular flexibility index (Phi) is 3.72. The lowest BCUT2D eigenvalue weighted by atomic mass is 9.95. The van der Waals surface area contributed by atoms with E-state index in [-0.39, 0.29) is 0 Å². The molecule has 1 aromatic rings. The molecule has 0 spiro atoms. The van der Waals surface area contributed by atoms with Crippen LogP contribution in [0.15, 0.2) is 12.1 Å². The Morgan fingerprint density at radius 3 is 2.65 bits per heavy atom. The van der Waals surface area contributed by atoms with Crippen molar-refractivity contribution in [2.75, 3.05) is 6.54 Å². The van der Waals surface area contributed by atoms with E-state index in [1.165, 1.54) is 23.1 Å². The Morgan fingerprint density at radius 1 is 1.24 bits per heavy atom. The minimum absolute atomic E-state index is 0.301. The van der Waals surface area contributed by atoms with Crippen LogP contribution in [0.4, 0.5) is 0 Å². The summed E-state index contributed by atoms with van der Waals surface area (Å²) in [6, 6.07) is 4.79. The lowest BCUT2D eigenvalue weighted by molar-refractivity contribution is 0.179. The first kappa shape index (κ1) is 12.4. The van der Waals surface area contributed by atoms with Gasteiger partial charge in [0.1, 0.15) is 11.9 Å². The molecule has 2 heteroatoms. The fourth-order valence-corrected chi connectivity index (χ4v) is 2.82. The molecular weight excluding hydrogens is 210 g/mol. The minimum Gasteiger partial charge on any atom is -0.488 e. The minimum atomic E-state index is 0.301. The molecule has 2 nitrogen and oxygen atoms in total. The third-order valence-corrected chi connectivity index (χ3v) is 3.45. The zero-order valence-electron chi connectivity index (χ0n) is 11.3. The van der Waals surface area contributed by atoms with Gasteiger partial charge in [0.2, 0.25) is 0 Å². The fraction of sp³-hybridized carbons (Fsp3) is 0.600. The molecule has 1 aromatic carbocycles. The van der Waals surface area contributed by atoms with Crippen LogP contribution in [0.3, 0.4) is 0 Å². The molecule has 0 aliphatic carbocycles. The zero-order valence-corrected chi connectivity index (χ0v) is 11.3. The maximum absolute atomic E-state index is 6.11. The van der Waals surface area contributed by atoms with Crippen molar-refractivity contribution in [3.05, 3.63) is 28.8 Å². The molecule has 0 saturated carbocycles. The molecule has 0 radical (unpaired) electrons. The van der Waals surface area contributed by atoms with Gasteiger partial charge in [0.25, 0.3) is 0 Å². The van der Waals surface area contributed by atoms with E-state index in [9.17, 15) is 0 Å². The topological polar surface area (TPSA) is 21.3 Å². The van der Waals surface area contributed by atoms with Crippen molar-refractivity contribution in [1.29, 1.82) is 0 Å². The number of ether oxygens (including phenoxy) is 1. The van der Waals surface area contributed by atoms with E-state index in [0.29, 0.717) is 12.1 Å². The normalized spacial score (nSPS) is 22.4. The van der Waals surface area contributed by atoms with Crippen molar-refractivity contribution in [3.63, 3.8) is 0 Å². The predicted molar refractivity (Wildman–Crippen MR) is 71.7 cm³/mol. The van der Waals surface area contributed by atoms with Gasteiger partial charge in [-0.3, -0.25) is 0 Å². The van der Waals surface area contributed by atoms with Crippen LogP contribution < -0.4 is 10.1 Å². The Balaban J connectivity index is 2.36. The van der Waals surface area contributed by atoms with Gasteiger partial charge in [-0.25, -0.2) is 0 Å². The van der Waals surface area contributed by atoms with Crippen molar-refractivity contribution >= 4 is 0 Å². The number of fused-ring (bicyclic) bond motifs is 1. The first-order valence-corrected chi connectivity index (χ1v) is 6.68. The number of hydrogen-bond donors (Lipinski definition) is 1. The zero-order chi connectivity index (χ0) is 12.4. The number of likely N-dealkylation sites (N-methyl/N-ethyl adjacent to an activating group) is 1. The molecule has 0 saturated heterocycles. The van der Waals surface area contributed by atoms with Crippen LogP contribution in [-0.2, 0) is 0 Å². The summed E-state index contributed by atoms with van der Waals surface area (Å²) in [5.74, 6) is 1.09. The molecule has 1 N–H and O–H groups in total. The highest BCUT2D eigenvalue weighted by Gasteiger charge is 2.34. The summed E-state index contributed by atoms with van der Waals surface area (Å²) in [5, 5.41) is 3.57. The van der Waals surface area contributed by atoms with Gasteiger partial charge in [0.05, 0.1) is 6.04 Å². The summed E-state index contributed by atoms with van der Waals surface area (Å²) in [6.45, 7) is 9.68. The number of hydrogen-bond acceptors (Lipinski definition) is 2. The average Bonchev–Trinajstić information content (AvgIpc) is 2.58. The molecule has 1 heterocycles. The number of benzene rings is 1. The van der Waals surface area contributed by atoms with E-state index >= 15 is 0 Å². The van der Waals surface area contributed by atoms with Gasteiger partial charge in [-0.15, -0.1) is 0 Å². The lowest BCUT2D eigenvalue weighted by Gasteiger charge is -2.19. The van der Waals surface area contributed by atoms with E-state index in [4.69, 9.17) is 4.74 Å². The van der Waals surface area contributed by atoms with Gasteiger partial charge in [0, 0.05) is 5.56 Å². The van der Waals surface area contributed by atoms with Crippen LogP contribution in [0.5, 0.6) is 5.75 Å². The maximum atomic E-state index is 6.11. The number of aryl methyl sites for hydroxylation is 2. The van der Waals surface area contributed by atoms with Gasteiger partial charge >= 0.3 is 0 Å². The van der Waals surface area contributed by atoms with Crippen LogP contribution in [-0.4, -0.2) is 12.6 Å². The molecule has 1 aliphatic heterocycles. The van der Waals surface area contributed by atoms with Crippen LogP contribution in [0.1, 0.15) is 49.4 Å². The van der Waals surface area contributed by atoms with Gasteiger partial charge in [-0.05, 0) is 44.0 Å². The summed E-state index contributed by atoms with van der Waals surface area (Å²) >= 11 is 0. The summed E-state index contributed by atoms with van der Waals surface area (Å²) < 4.78 is 6.11. The van der Waals surface area contributed by atoms with Gasteiger partial charge < -0.3 is 10.1 Å². The first-order valence-electron chi connectivity index (χ1n) is 6.68. The van der Waals surface area contributed by atoms with Crippen molar-refractivity contribution in [2.24, 2.45) is 0 Å². The molecule has 0 aromatic heterocycles. The molecule has 17 heavy (non-hydrogen) atoms. The summed E-state index contributed by atoms with van der Waals surface area (Å²) in [4.78, 5) is 0. The lowest BCUT2D eigenvalue weighted by Crippen LogP contribution is -2.31. The molecule has 2 unspecified atom stereocenters. The van der Waals surface area contributed by atoms with Gasteiger partial charge in [-0.2, -0.15) is 0 Å². The van der Waals surface area contributed by atoms with Crippen LogP contribution in [0, 0.1) is 13.8 Å². The monoisotopic (exact) mass is 233 g/mol. The quantitative estimate of drug-likeness (QED) is 0.859. The van der Waals surface area contributed by atoms with E-state index in [1.807, 2.05) is 0 Å². The summed E-state index contributed by atoms with van der Waals surface area (Å²) in [6.07, 6.45) is 2.58. The van der Waals surface area contributed by atoms with E-state index in [0.717, 1.165) is 18.7 Å². The molecule has 2 atom stereocenters. The van der Waals surface area contributed by atoms with Crippen molar-refractivity contribution < 1.29 is 4.74 Å². The van der Waals surface area contributed by atoms with Crippen LogP contribution >= 0.6 is 0 Å². The highest BCUT2D eigenvalue weighted by Crippen LogP contribution is 2.41. The summed E-state index contributed by atoms with van der Waals surface area (Å²) in [7, 11) is 0. The first-order chi connectivity index (χ1) is 8.17. The standard InChI is InChI=1S/C15H23NO/c1-5-7-12-15(16-6-2)14-11(4)8-10(3)9-13(14)17-12/h8-9,12,15-16H,5-7H2,1-4H3. The Bertz CT molecular complexity index is 400. The summed E-state index contributed by atoms with van der Waals surface area (Å²) in [5.41, 5.74) is 4.01. The highest BCUT2D eigenvalue weighted by atomic mass is 16.5. The molecule has 0 bridgehead atoms. The highest BCUT2D eigenvalue weighted by molar-refractivity contribution is 5.48. The number of nitrogens with one attached hydrogen (secondary N) is 1. The Labute approximate surface area is 104 Å². The smallest absolute Gasteiger partial charge is 0.125 e. The largest absolute Gasteiger partial charge is 0.488 e. The second kappa shape index (κ2) is 5.09. The third kappa shape index (κ3) is 2.32. The number of rotatable bonds is 4. The van der Waals surface area contributed by atoms with Crippen molar-refractivity contribution in [1.82, 2.24) is 5.32 Å².